The number of benzene rings is 1. The van der Waals surface area contributed by atoms with Crippen LogP contribution in [-0.4, -0.2) is 27.4 Å². The van der Waals surface area contributed by atoms with E-state index in [0.29, 0.717) is 12.5 Å². The van der Waals surface area contributed by atoms with Crippen LogP contribution < -0.4 is 15.0 Å². The molecule has 4 heteroatoms. The minimum Gasteiger partial charge on any atom is -0.493 e. The Morgan fingerprint density at radius 2 is 1.89 bits per heavy atom. The fraction of sp³-hybridized carbons (Fsp3) is 0.571. The van der Waals surface area contributed by atoms with Crippen molar-refractivity contribution in [3.8, 4) is 11.5 Å². The lowest BCUT2D eigenvalue weighted by molar-refractivity contribution is 0.0430. The predicted molar refractivity (Wildman–Crippen MR) is 72.0 cm³/mol. The summed E-state index contributed by atoms with van der Waals surface area (Å²) < 4.78 is 10.5. The van der Waals surface area contributed by atoms with Gasteiger partial charge in [0.15, 0.2) is 11.5 Å². The van der Waals surface area contributed by atoms with Crippen molar-refractivity contribution in [3.05, 3.63) is 23.8 Å². The highest BCUT2D eigenvalue weighted by molar-refractivity contribution is 5.42. The highest BCUT2D eigenvalue weighted by Gasteiger charge is 2.08. The fourth-order valence-corrected chi connectivity index (χ4v) is 1.79. The highest BCUT2D eigenvalue weighted by atomic mass is 16.6. The summed E-state index contributed by atoms with van der Waals surface area (Å²) in [6.45, 7) is 5.67. The van der Waals surface area contributed by atoms with Crippen LogP contribution in [0.4, 0.5) is 0 Å². The molecular formula is C14H23NO3. The van der Waals surface area contributed by atoms with Crippen LogP contribution in [0.1, 0.15) is 19.4 Å². The molecule has 0 bridgehead atoms. The van der Waals surface area contributed by atoms with Crippen molar-refractivity contribution in [2.75, 3.05) is 27.4 Å². The normalized spacial score (nSPS) is 12.2. The maximum atomic E-state index is 5.29. The maximum Gasteiger partial charge on any atom is 0.160 e. The first kappa shape index (κ1) is 14.8. The van der Waals surface area contributed by atoms with Crippen molar-refractivity contribution in [2.45, 2.75) is 20.3 Å². The molecular weight excluding hydrogens is 230 g/mol. The van der Waals surface area contributed by atoms with E-state index in [0.717, 1.165) is 24.5 Å². The Balaban J connectivity index is 2.56. The predicted octanol–water partition coefficient (Wildman–Crippen LogP) is 2.42. The van der Waals surface area contributed by atoms with Crippen LogP contribution in [0.3, 0.4) is 0 Å². The van der Waals surface area contributed by atoms with Gasteiger partial charge in [0.2, 0.25) is 0 Å². The Hall–Kier alpha value is -1.26. The summed E-state index contributed by atoms with van der Waals surface area (Å²) in [5.41, 5.74) is 4.18. The molecule has 1 atom stereocenters. The van der Waals surface area contributed by atoms with Crippen molar-refractivity contribution in [3.63, 3.8) is 0 Å². The van der Waals surface area contributed by atoms with Gasteiger partial charge in [0.05, 0.1) is 20.8 Å². The summed E-state index contributed by atoms with van der Waals surface area (Å²) in [6.07, 6.45) is 0.973. The number of nitrogens with one attached hydrogen (secondary N) is 1. The largest absolute Gasteiger partial charge is 0.493 e. The van der Waals surface area contributed by atoms with Gasteiger partial charge < -0.3 is 14.3 Å². The molecule has 1 aromatic carbocycles. The second-order valence-electron chi connectivity index (χ2n) is 4.28. The SMILES string of the molecule is CCONCC(C)Cc1ccc(OC)c(OC)c1. The van der Waals surface area contributed by atoms with Crippen molar-refractivity contribution in [1.29, 1.82) is 0 Å². The molecule has 102 valence electrons. The van der Waals surface area contributed by atoms with E-state index in [9.17, 15) is 0 Å². The topological polar surface area (TPSA) is 39.7 Å². The smallest absolute Gasteiger partial charge is 0.160 e. The van der Waals surface area contributed by atoms with Crippen LogP contribution in [0, 0.1) is 5.92 Å². The van der Waals surface area contributed by atoms with Gasteiger partial charge in [-0.1, -0.05) is 13.0 Å². The zero-order chi connectivity index (χ0) is 13.4. The van der Waals surface area contributed by atoms with Gasteiger partial charge in [-0.2, -0.15) is 0 Å². The van der Waals surface area contributed by atoms with Gasteiger partial charge in [0, 0.05) is 6.54 Å². The van der Waals surface area contributed by atoms with E-state index < -0.39 is 0 Å². The van der Waals surface area contributed by atoms with Crippen LogP contribution in [0.5, 0.6) is 11.5 Å². The molecule has 0 aliphatic heterocycles. The van der Waals surface area contributed by atoms with Crippen LogP contribution in [0.15, 0.2) is 18.2 Å². The minimum absolute atomic E-state index is 0.495. The van der Waals surface area contributed by atoms with Crippen LogP contribution in [0.25, 0.3) is 0 Å². The summed E-state index contributed by atoms with van der Waals surface area (Å²) in [5, 5.41) is 0. The molecule has 0 spiro atoms. The van der Waals surface area contributed by atoms with Crippen molar-refractivity contribution in [2.24, 2.45) is 5.92 Å². The van der Waals surface area contributed by atoms with Gasteiger partial charge in [0.25, 0.3) is 0 Å². The lowest BCUT2D eigenvalue weighted by atomic mass is 10.0. The first-order valence-corrected chi connectivity index (χ1v) is 6.26. The van der Waals surface area contributed by atoms with Crippen molar-refractivity contribution < 1.29 is 14.3 Å². The van der Waals surface area contributed by atoms with E-state index in [-0.39, 0.29) is 0 Å². The molecule has 1 N–H and O–H groups in total. The number of hydrogen-bond acceptors (Lipinski definition) is 4. The first-order valence-electron chi connectivity index (χ1n) is 6.26. The number of ether oxygens (including phenoxy) is 2. The Morgan fingerprint density at radius 3 is 2.50 bits per heavy atom. The molecule has 18 heavy (non-hydrogen) atoms. The van der Waals surface area contributed by atoms with E-state index in [1.54, 1.807) is 14.2 Å². The van der Waals surface area contributed by atoms with E-state index in [2.05, 4.69) is 18.5 Å². The maximum absolute atomic E-state index is 5.29. The zero-order valence-corrected chi connectivity index (χ0v) is 11.7. The molecule has 0 heterocycles. The second kappa shape index (κ2) is 7.95. The summed E-state index contributed by atoms with van der Waals surface area (Å²) >= 11 is 0. The summed E-state index contributed by atoms with van der Waals surface area (Å²) in [7, 11) is 3.30. The van der Waals surface area contributed by atoms with Gasteiger partial charge in [0.1, 0.15) is 0 Å². The molecule has 4 nitrogen and oxygen atoms in total. The third-order valence-electron chi connectivity index (χ3n) is 2.71. The lowest BCUT2D eigenvalue weighted by Crippen LogP contribution is -2.22. The van der Waals surface area contributed by atoms with Crippen LogP contribution in [0.2, 0.25) is 0 Å². The minimum atomic E-state index is 0.495. The van der Waals surface area contributed by atoms with Gasteiger partial charge in [-0.25, -0.2) is 5.48 Å². The molecule has 1 aromatic rings. The van der Waals surface area contributed by atoms with E-state index in [4.69, 9.17) is 14.3 Å². The van der Waals surface area contributed by atoms with Gasteiger partial charge in [-0.05, 0) is 37.0 Å². The Labute approximate surface area is 109 Å². The molecule has 0 fully saturated rings. The van der Waals surface area contributed by atoms with Crippen LogP contribution in [-0.2, 0) is 11.3 Å². The third-order valence-corrected chi connectivity index (χ3v) is 2.71. The second-order valence-corrected chi connectivity index (χ2v) is 4.28. The van der Waals surface area contributed by atoms with Crippen molar-refractivity contribution in [1.82, 2.24) is 5.48 Å². The van der Waals surface area contributed by atoms with Gasteiger partial charge >= 0.3 is 0 Å². The monoisotopic (exact) mass is 253 g/mol. The third kappa shape index (κ3) is 4.55. The average molecular weight is 253 g/mol. The molecule has 1 rings (SSSR count). The fourth-order valence-electron chi connectivity index (χ4n) is 1.79. The van der Waals surface area contributed by atoms with Gasteiger partial charge in [-0.3, -0.25) is 0 Å². The number of hydrogen-bond donors (Lipinski definition) is 1. The van der Waals surface area contributed by atoms with E-state index in [1.165, 1.54) is 5.56 Å². The Morgan fingerprint density at radius 1 is 1.17 bits per heavy atom. The Kier molecular flexibility index (Phi) is 6.54. The summed E-state index contributed by atoms with van der Waals surface area (Å²) in [6, 6.07) is 6.03. The van der Waals surface area contributed by atoms with Crippen molar-refractivity contribution >= 4 is 0 Å². The van der Waals surface area contributed by atoms with Gasteiger partial charge in [-0.15, -0.1) is 0 Å². The van der Waals surface area contributed by atoms with E-state index >= 15 is 0 Å². The number of rotatable bonds is 8. The molecule has 0 saturated heterocycles. The quantitative estimate of drug-likeness (QED) is 0.570. The molecule has 0 aliphatic rings. The number of hydroxylamine groups is 1. The number of methoxy groups -OCH3 is 2. The molecule has 0 amide bonds. The molecule has 1 unspecified atom stereocenters. The lowest BCUT2D eigenvalue weighted by Gasteiger charge is -2.14. The Bertz CT molecular complexity index is 355. The summed E-state index contributed by atoms with van der Waals surface area (Å²) in [4.78, 5) is 5.13. The molecule has 0 saturated carbocycles. The molecule has 0 aliphatic carbocycles. The molecule has 0 radical (unpaired) electrons. The standard InChI is InChI=1S/C14H23NO3/c1-5-18-15-10-11(2)8-12-6-7-13(16-3)14(9-12)17-4/h6-7,9,11,15H,5,8,10H2,1-4H3. The average Bonchev–Trinajstić information content (AvgIpc) is 2.39. The summed E-state index contributed by atoms with van der Waals surface area (Å²) in [5.74, 6) is 2.04. The van der Waals surface area contributed by atoms with Crippen LogP contribution >= 0.6 is 0 Å². The molecule has 0 aromatic heterocycles. The highest BCUT2D eigenvalue weighted by Crippen LogP contribution is 2.28. The zero-order valence-electron chi connectivity index (χ0n) is 11.7. The first-order chi connectivity index (χ1) is 8.71. The van der Waals surface area contributed by atoms with E-state index in [1.807, 2.05) is 19.1 Å².